The summed E-state index contributed by atoms with van der Waals surface area (Å²) in [6.45, 7) is 0. The van der Waals surface area contributed by atoms with Crippen molar-refractivity contribution in [2.45, 2.75) is 25.2 Å². The van der Waals surface area contributed by atoms with Crippen LogP contribution in [0, 0.1) is 0 Å². The quantitative estimate of drug-likeness (QED) is 0.762. The van der Waals surface area contributed by atoms with E-state index in [2.05, 4.69) is 30.3 Å². The van der Waals surface area contributed by atoms with Crippen LogP contribution >= 0.6 is 11.6 Å². The van der Waals surface area contributed by atoms with E-state index in [0.717, 1.165) is 17.2 Å². The summed E-state index contributed by atoms with van der Waals surface area (Å²) in [4.78, 5) is 0. The first kappa shape index (κ1) is 12.6. The molecule has 0 aliphatic heterocycles. The first-order chi connectivity index (χ1) is 9.28. The number of hydrogen-bond acceptors (Lipinski definition) is 1. The largest absolute Gasteiger partial charge is 0.497 e. The van der Waals surface area contributed by atoms with E-state index in [4.69, 9.17) is 16.3 Å². The first-order valence-corrected chi connectivity index (χ1v) is 7.08. The molecule has 0 amide bonds. The fourth-order valence-electron chi connectivity index (χ4n) is 2.99. The summed E-state index contributed by atoms with van der Waals surface area (Å²) in [7, 11) is 1.72. The van der Waals surface area contributed by atoms with Gasteiger partial charge in [0.25, 0.3) is 0 Å². The van der Waals surface area contributed by atoms with Gasteiger partial charge in [0, 0.05) is 10.9 Å². The highest BCUT2D eigenvalue weighted by molar-refractivity contribution is 6.30. The van der Waals surface area contributed by atoms with Crippen molar-refractivity contribution in [1.82, 2.24) is 0 Å². The van der Waals surface area contributed by atoms with Crippen molar-refractivity contribution >= 4 is 11.6 Å². The second kappa shape index (κ2) is 5.26. The van der Waals surface area contributed by atoms with Crippen LogP contribution in [0.2, 0.25) is 5.02 Å². The summed E-state index contributed by atoms with van der Waals surface area (Å²) in [5.41, 5.74) is 4.16. The SMILES string of the molecule is COc1ccc2c(c1)CCCC2c1cccc(Cl)c1. The molecule has 0 heterocycles. The minimum absolute atomic E-state index is 0.466. The molecule has 0 radical (unpaired) electrons. The van der Waals surface area contributed by atoms with Gasteiger partial charge in [-0.1, -0.05) is 29.8 Å². The van der Waals surface area contributed by atoms with Crippen LogP contribution in [0.25, 0.3) is 0 Å². The van der Waals surface area contributed by atoms with Crippen molar-refractivity contribution in [1.29, 1.82) is 0 Å². The molecule has 1 aliphatic rings. The summed E-state index contributed by atoms with van der Waals surface area (Å²) in [5.74, 6) is 1.42. The number of fused-ring (bicyclic) bond motifs is 1. The fraction of sp³-hybridized carbons (Fsp3) is 0.294. The summed E-state index contributed by atoms with van der Waals surface area (Å²) >= 11 is 6.12. The highest BCUT2D eigenvalue weighted by atomic mass is 35.5. The Morgan fingerprint density at radius 3 is 2.84 bits per heavy atom. The van der Waals surface area contributed by atoms with E-state index in [-0.39, 0.29) is 0 Å². The minimum atomic E-state index is 0.466. The molecule has 0 spiro atoms. The highest BCUT2D eigenvalue weighted by Gasteiger charge is 2.22. The maximum Gasteiger partial charge on any atom is 0.119 e. The Hall–Kier alpha value is -1.47. The molecule has 98 valence electrons. The van der Waals surface area contributed by atoms with Gasteiger partial charge in [0.15, 0.2) is 0 Å². The van der Waals surface area contributed by atoms with E-state index in [0.29, 0.717) is 5.92 Å². The third-order valence-corrected chi connectivity index (χ3v) is 4.15. The van der Waals surface area contributed by atoms with Gasteiger partial charge in [0.05, 0.1) is 7.11 Å². The van der Waals surface area contributed by atoms with Gasteiger partial charge in [0.2, 0.25) is 0 Å². The van der Waals surface area contributed by atoms with Crippen LogP contribution in [-0.2, 0) is 6.42 Å². The number of ether oxygens (including phenoxy) is 1. The van der Waals surface area contributed by atoms with E-state index >= 15 is 0 Å². The van der Waals surface area contributed by atoms with Gasteiger partial charge in [-0.25, -0.2) is 0 Å². The topological polar surface area (TPSA) is 9.23 Å². The summed E-state index contributed by atoms with van der Waals surface area (Å²) < 4.78 is 5.32. The Labute approximate surface area is 119 Å². The molecule has 19 heavy (non-hydrogen) atoms. The van der Waals surface area contributed by atoms with Crippen molar-refractivity contribution in [3.63, 3.8) is 0 Å². The molecular weight excluding hydrogens is 256 g/mol. The highest BCUT2D eigenvalue weighted by Crippen LogP contribution is 2.38. The molecule has 3 rings (SSSR count). The lowest BCUT2D eigenvalue weighted by Crippen LogP contribution is -2.11. The zero-order valence-electron chi connectivity index (χ0n) is 11.0. The molecule has 0 N–H and O–H groups in total. The smallest absolute Gasteiger partial charge is 0.119 e. The lowest BCUT2D eigenvalue weighted by molar-refractivity contribution is 0.413. The molecule has 0 fully saturated rings. The molecule has 0 saturated carbocycles. The monoisotopic (exact) mass is 272 g/mol. The van der Waals surface area contributed by atoms with E-state index in [1.165, 1.54) is 29.5 Å². The minimum Gasteiger partial charge on any atom is -0.497 e. The summed E-state index contributed by atoms with van der Waals surface area (Å²) in [6.07, 6.45) is 3.56. The standard InChI is InChI=1S/C17H17ClO/c1-19-15-8-9-17-13(11-15)5-3-7-16(17)12-4-2-6-14(18)10-12/h2,4,6,8-11,16H,3,5,7H2,1H3. The van der Waals surface area contributed by atoms with Gasteiger partial charge in [-0.05, 0) is 60.2 Å². The van der Waals surface area contributed by atoms with Crippen LogP contribution < -0.4 is 4.74 Å². The van der Waals surface area contributed by atoms with Gasteiger partial charge in [-0.2, -0.15) is 0 Å². The van der Waals surface area contributed by atoms with Crippen molar-refractivity contribution in [3.8, 4) is 5.75 Å². The molecule has 2 heteroatoms. The van der Waals surface area contributed by atoms with Crippen LogP contribution in [0.1, 0.15) is 35.4 Å². The second-order valence-corrected chi connectivity index (χ2v) is 5.50. The molecule has 1 unspecified atom stereocenters. The fourth-order valence-corrected chi connectivity index (χ4v) is 3.19. The molecule has 0 aromatic heterocycles. The lowest BCUT2D eigenvalue weighted by atomic mass is 9.79. The molecule has 1 nitrogen and oxygen atoms in total. The zero-order chi connectivity index (χ0) is 13.2. The van der Waals surface area contributed by atoms with E-state index in [1.54, 1.807) is 7.11 Å². The number of hydrogen-bond donors (Lipinski definition) is 0. The second-order valence-electron chi connectivity index (χ2n) is 5.06. The number of aryl methyl sites for hydroxylation is 1. The number of rotatable bonds is 2. The van der Waals surface area contributed by atoms with Crippen molar-refractivity contribution < 1.29 is 4.74 Å². The predicted octanol–water partition coefficient (Wildman–Crippen LogP) is 4.82. The molecule has 1 aliphatic carbocycles. The van der Waals surface area contributed by atoms with E-state index in [9.17, 15) is 0 Å². The Bertz CT molecular complexity index is 592. The lowest BCUT2D eigenvalue weighted by Gasteiger charge is -2.26. The van der Waals surface area contributed by atoms with Crippen molar-refractivity contribution in [3.05, 3.63) is 64.2 Å². The van der Waals surface area contributed by atoms with Crippen LogP contribution in [0.15, 0.2) is 42.5 Å². The van der Waals surface area contributed by atoms with Crippen LogP contribution in [0.4, 0.5) is 0 Å². The Kier molecular flexibility index (Phi) is 3.48. The molecule has 2 aromatic rings. The first-order valence-electron chi connectivity index (χ1n) is 6.70. The van der Waals surface area contributed by atoms with E-state index in [1.807, 2.05) is 12.1 Å². The third kappa shape index (κ3) is 2.48. The van der Waals surface area contributed by atoms with Gasteiger partial charge in [-0.3, -0.25) is 0 Å². The Morgan fingerprint density at radius 1 is 1.16 bits per heavy atom. The van der Waals surface area contributed by atoms with Crippen molar-refractivity contribution in [2.75, 3.05) is 7.11 Å². The Morgan fingerprint density at radius 2 is 2.05 bits per heavy atom. The molecule has 0 bridgehead atoms. The normalized spacial score (nSPS) is 17.9. The van der Waals surface area contributed by atoms with Gasteiger partial charge in [-0.15, -0.1) is 0 Å². The molecular formula is C17H17ClO. The number of halogens is 1. The zero-order valence-corrected chi connectivity index (χ0v) is 11.8. The summed E-state index contributed by atoms with van der Waals surface area (Å²) in [5, 5.41) is 0.818. The predicted molar refractivity (Wildman–Crippen MR) is 79.2 cm³/mol. The molecule has 1 atom stereocenters. The van der Waals surface area contributed by atoms with E-state index < -0.39 is 0 Å². The van der Waals surface area contributed by atoms with Gasteiger partial charge < -0.3 is 4.74 Å². The maximum absolute atomic E-state index is 6.12. The number of methoxy groups -OCH3 is 1. The Balaban J connectivity index is 2.03. The van der Waals surface area contributed by atoms with Crippen LogP contribution in [0.3, 0.4) is 0 Å². The van der Waals surface area contributed by atoms with Gasteiger partial charge >= 0.3 is 0 Å². The van der Waals surface area contributed by atoms with Crippen molar-refractivity contribution in [2.24, 2.45) is 0 Å². The maximum atomic E-state index is 6.12. The van der Waals surface area contributed by atoms with Gasteiger partial charge in [0.1, 0.15) is 5.75 Å². The molecule has 0 saturated heterocycles. The van der Waals surface area contributed by atoms with Crippen LogP contribution in [-0.4, -0.2) is 7.11 Å². The van der Waals surface area contributed by atoms with Crippen LogP contribution in [0.5, 0.6) is 5.75 Å². The molecule has 2 aromatic carbocycles. The third-order valence-electron chi connectivity index (χ3n) is 3.92. The average Bonchev–Trinajstić information content (AvgIpc) is 2.46. The summed E-state index contributed by atoms with van der Waals surface area (Å²) in [6, 6.07) is 14.7. The number of benzene rings is 2. The average molecular weight is 273 g/mol.